The van der Waals surface area contributed by atoms with Crippen LogP contribution >= 0.6 is 22.9 Å². The van der Waals surface area contributed by atoms with Crippen LogP contribution in [0.2, 0.25) is 0 Å². The molecule has 0 radical (unpaired) electrons. The number of carbonyl (C=O) groups excluding carboxylic acids is 1. The zero-order chi connectivity index (χ0) is 15.4. The monoisotopic (exact) mass is 327 g/mol. The quantitative estimate of drug-likeness (QED) is 0.517. The van der Waals surface area contributed by atoms with Crippen LogP contribution in [-0.4, -0.2) is 22.9 Å². The smallest absolute Gasteiger partial charge is 0.311 e. The van der Waals surface area contributed by atoms with Crippen LogP contribution in [0.15, 0.2) is 23.6 Å². The third-order valence-electron chi connectivity index (χ3n) is 2.55. The summed E-state index contributed by atoms with van der Waals surface area (Å²) in [6.45, 7) is 0. The molecule has 0 unspecified atom stereocenters. The van der Waals surface area contributed by atoms with Crippen LogP contribution in [0, 0.1) is 10.1 Å². The first-order chi connectivity index (χ1) is 10.0. The Balaban J connectivity index is 2.22. The van der Waals surface area contributed by atoms with Gasteiger partial charge in [0.15, 0.2) is 10.9 Å². The van der Waals surface area contributed by atoms with Crippen LogP contribution in [0.25, 0.3) is 0 Å². The van der Waals surface area contributed by atoms with E-state index < -0.39 is 10.8 Å². The fraction of sp³-hybridized carbons (Fsp3) is 0.167. The Morgan fingerprint density at radius 1 is 1.57 bits per heavy atom. The number of nitrogens with zero attached hydrogens (tertiary/aromatic N) is 2. The van der Waals surface area contributed by atoms with Crippen LogP contribution < -0.4 is 10.1 Å². The molecule has 1 N–H and O–H groups in total. The molecule has 0 aliphatic heterocycles. The minimum absolute atomic E-state index is 0.0928. The summed E-state index contributed by atoms with van der Waals surface area (Å²) in [5.74, 6) is -0.146. The molecule has 0 spiro atoms. The number of thiazole rings is 1. The molecule has 0 aliphatic carbocycles. The summed E-state index contributed by atoms with van der Waals surface area (Å²) < 4.78 is 4.88. The number of hydrogen-bond donors (Lipinski definition) is 1. The van der Waals surface area contributed by atoms with E-state index >= 15 is 0 Å². The van der Waals surface area contributed by atoms with Gasteiger partial charge in [-0.25, -0.2) is 4.98 Å². The summed E-state index contributed by atoms with van der Waals surface area (Å²) >= 11 is 6.85. The van der Waals surface area contributed by atoms with E-state index in [-0.39, 0.29) is 22.9 Å². The maximum atomic E-state index is 12.0. The largest absolute Gasteiger partial charge is 0.490 e. The zero-order valence-electron chi connectivity index (χ0n) is 10.8. The van der Waals surface area contributed by atoms with Crippen LogP contribution in [0.5, 0.6) is 5.75 Å². The molecule has 2 aromatic rings. The Morgan fingerprint density at radius 3 is 2.90 bits per heavy atom. The van der Waals surface area contributed by atoms with Crippen LogP contribution in [0.4, 0.5) is 10.8 Å². The number of carbonyl (C=O) groups is 1. The van der Waals surface area contributed by atoms with E-state index in [0.29, 0.717) is 10.8 Å². The lowest BCUT2D eigenvalue weighted by Crippen LogP contribution is -2.12. The van der Waals surface area contributed by atoms with Gasteiger partial charge in [-0.3, -0.25) is 20.2 Å². The van der Waals surface area contributed by atoms with Gasteiger partial charge in [-0.2, -0.15) is 0 Å². The van der Waals surface area contributed by atoms with Crippen LogP contribution in [0.1, 0.15) is 16.1 Å². The first-order valence-corrected chi connectivity index (χ1v) is 7.10. The SMILES string of the molecule is COc1ccc(C(=O)Nc2nc(CCl)cs2)cc1[N+](=O)[O-]. The van der Waals surface area contributed by atoms with Gasteiger partial charge in [0.05, 0.1) is 23.6 Å². The number of benzene rings is 1. The van der Waals surface area contributed by atoms with Crippen LogP contribution in [-0.2, 0) is 5.88 Å². The number of alkyl halides is 1. The Morgan fingerprint density at radius 2 is 2.33 bits per heavy atom. The number of halogens is 1. The van der Waals surface area contributed by atoms with Gasteiger partial charge >= 0.3 is 5.69 Å². The first kappa shape index (κ1) is 15.2. The highest BCUT2D eigenvalue weighted by Gasteiger charge is 2.18. The third-order valence-corrected chi connectivity index (χ3v) is 3.63. The average Bonchev–Trinajstić information content (AvgIpc) is 2.94. The molecule has 7 nitrogen and oxygen atoms in total. The van der Waals surface area contributed by atoms with E-state index in [2.05, 4.69) is 10.3 Å². The molecule has 2 rings (SSSR count). The highest BCUT2D eigenvalue weighted by molar-refractivity contribution is 7.14. The van der Waals surface area contributed by atoms with Crippen molar-refractivity contribution in [2.75, 3.05) is 12.4 Å². The van der Waals surface area contributed by atoms with Gasteiger partial charge < -0.3 is 4.74 Å². The Hall–Kier alpha value is -2.19. The molecule has 1 amide bonds. The predicted octanol–water partition coefficient (Wildman–Crippen LogP) is 3.05. The van der Waals surface area contributed by atoms with E-state index in [9.17, 15) is 14.9 Å². The normalized spacial score (nSPS) is 10.2. The molecule has 110 valence electrons. The molecular weight excluding hydrogens is 318 g/mol. The van der Waals surface area contributed by atoms with Gasteiger partial charge in [0, 0.05) is 17.0 Å². The molecular formula is C12H10ClN3O4S. The summed E-state index contributed by atoms with van der Waals surface area (Å²) in [5.41, 5.74) is 0.522. The van der Waals surface area contributed by atoms with Gasteiger partial charge in [0.25, 0.3) is 5.91 Å². The second kappa shape index (κ2) is 6.51. The summed E-state index contributed by atoms with van der Waals surface area (Å²) in [6.07, 6.45) is 0. The molecule has 0 bridgehead atoms. The lowest BCUT2D eigenvalue weighted by molar-refractivity contribution is -0.385. The molecule has 0 atom stereocenters. The molecule has 0 saturated heterocycles. The standard InChI is InChI=1S/C12H10ClN3O4S/c1-20-10-3-2-7(4-9(10)16(18)19)11(17)15-12-14-8(5-13)6-21-12/h2-4,6H,5H2,1H3,(H,14,15,17). The van der Waals surface area contributed by atoms with E-state index in [1.54, 1.807) is 5.38 Å². The van der Waals surface area contributed by atoms with Crippen molar-refractivity contribution in [3.05, 3.63) is 45.0 Å². The molecule has 9 heteroatoms. The fourth-order valence-electron chi connectivity index (χ4n) is 1.57. The fourth-order valence-corrected chi connectivity index (χ4v) is 2.50. The lowest BCUT2D eigenvalue weighted by Gasteiger charge is -2.04. The van der Waals surface area contributed by atoms with Crippen molar-refractivity contribution in [2.45, 2.75) is 5.88 Å². The lowest BCUT2D eigenvalue weighted by atomic mass is 10.2. The van der Waals surface area contributed by atoms with Crippen molar-refractivity contribution in [3.63, 3.8) is 0 Å². The van der Waals surface area contributed by atoms with Gasteiger partial charge in [0.1, 0.15) is 0 Å². The number of methoxy groups -OCH3 is 1. The molecule has 0 fully saturated rings. The summed E-state index contributed by atoms with van der Waals surface area (Å²) in [4.78, 5) is 26.4. The Labute approximate surface area is 128 Å². The molecule has 1 aromatic heterocycles. The zero-order valence-corrected chi connectivity index (χ0v) is 12.4. The van der Waals surface area contributed by atoms with Gasteiger partial charge in [0.2, 0.25) is 0 Å². The number of aromatic nitrogens is 1. The van der Waals surface area contributed by atoms with Gasteiger partial charge in [-0.15, -0.1) is 22.9 Å². The highest BCUT2D eigenvalue weighted by atomic mass is 35.5. The van der Waals surface area contributed by atoms with Crippen molar-refractivity contribution < 1.29 is 14.5 Å². The molecule has 21 heavy (non-hydrogen) atoms. The number of rotatable bonds is 5. The Kier molecular flexibility index (Phi) is 4.71. The number of nitro benzene ring substituents is 1. The summed E-state index contributed by atoms with van der Waals surface area (Å²) in [5, 5.41) is 15.6. The number of anilines is 1. The second-order valence-corrected chi connectivity index (χ2v) is 5.00. The van der Waals surface area contributed by atoms with Crippen molar-refractivity contribution in [1.82, 2.24) is 4.98 Å². The van der Waals surface area contributed by atoms with E-state index in [4.69, 9.17) is 16.3 Å². The molecule has 1 heterocycles. The van der Waals surface area contributed by atoms with Crippen molar-refractivity contribution in [3.8, 4) is 5.75 Å². The number of amides is 1. The van der Waals surface area contributed by atoms with Gasteiger partial charge in [-0.1, -0.05) is 0 Å². The van der Waals surface area contributed by atoms with E-state index in [1.807, 2.05) is 0 Å². The summed E-state index contributed by atoms with van der Waals surface area (Å²) in [6, 6.07) is 3.97. The molecule has 1 aromatic carbocycles. The third kappa shape index (κ3) is 3.47. The van der Waals surface area contributed by atoms with Gasteiger partial charge in [-0.05, 0) is 12.1 Å². The maximum absolute atomic E-state index is 12.0. The van der Waals surface area contributed by atoms with E-state index in [0.717, 1.165) is 6.07 Å². The van der Waals surface area contributed by atoms with Crippen LogP contribution in [0.3, 0.4) is 0 Å². The Bertz CT molecular complexity index is 689. The molecule has 0 saturated carbocycles. The number of nitrogens with one attached hydrogen (secondary N) is 1. The highest BCUT2D eigenvalue weighted by Crippen LogP contribution is 2.28. The molecule has 0 aliphatic rings. The second-order valence-electron chi connectivity index (χ2n) is 3.88. The topological polar surface area (TPSA) is 94.4 Å². The maximum Gasteiger partial charge on any atom is 0.311 e. The van der Waals surface area contributed by atoms with Crippen molar-refractivity contribution in [1.29, 1.82) is 0 Å². The minimum atomic E-state index is -0.607. The number of nitro groups is 1. The number of ether oxygens (including phenoxy) is 1. The predicted molar refractivity (Wildman–Crippen MR) is 79.3 cm³/mol. The first-order valence-electron chi connectivity index (χ1n) is 5.69. The average molecular weight is 328 g/mol. The van der Waals surface area contributed by atoms with Crippen molar-refractivity contribution >= 4 is 39.7 Å². The van der Waals surface area contributed by atoms with E-state index in [1.165, 1.54) is 30.6 Å². The summed E-state index contributed by atoms with van der Waals surface area (Å²) in [7, 11) is 1.32. The number of hydrogen-bond acceptors (Lipinski definition) is 6. The minimum Gasteiger partial charge on any atom is -0.490 e. The van der Waals surface area contributed by atoms with Crippen molar-refractivity contribution in [2.24, 2.45) is 0 Å².